The Morgan fingerprint density at radius 3 is 2.06 bits per heavy atom. The van der Waals surface area contributed by atoms with Gasteiger partial charge >= 0.3 is 6.16 Å². The van der Waals surface area contributed by atoms with Crippen molar-refractivity contribution in [1.82, 2.24) is 20.9 Å². The first-order valence-electron chi connectivity index (χ1n) is 15.0. The van der Waals surface area contributed by atoms with Crippen LogP contribution >= 0.6 is 0 Å². The molecule has 47 heavy (non-hydrogen) atoms. The predicted molar refractivity (Wildman–Crippen MR) is 166 cm³/mol. The molecular formula is C32H37N5O10. The van der Waals surface area contributed by atoms with Crippen LogP contribution in [0.25, 0.3) is 0 Å². The smallest absolute Gasteiger partial charge is 0.406 e. The van der Waals surface area contributed by atoms with Crippen molar-refractivity contribution in [3.05, 3.63) is 82.4 Å². The maximum Gasteiger partial charge on any atom is 0.516 e. The van der Waals surface area contributed by atoms with Crippen LogP contribution in [0.5, 0.6) is 5.75 Å². The number of benzene rings is 2. The number of ether oxygens (including phenoxy) is 2. The molecule has 15 heteroatoms. The summed E-state index contributed by atoms with van der Waals surface area (Å²) in [6.07, 6.45) is 1.66. The molecule has 3 atom stereocenters. The molecule has 1 aliphatic heterocycles. The van der Waals surface area contributed by atoms with Crippen molar-refractivity contribution >= 4 is 41.4 Å². The van der Waals surface area contributed by atoms with Gasteiger partial charge in [-0.25, -0.2) is 4.79 Å². The molecule has 3 N–H and O–H groups in total. The van der Waals surface area contributed by atoms with Gasteiger partial charge in [0.1, 0.15) is 17.8 Å². The Balaban J connectivity index is 1.51. The van der Waals surface area contributed by atoms with Gasteiger partial charge in [-0.15, -0.1) is 0 Å². The van der Waals surface area contributed by atoms with Gasteiger partial charge in [0, 0.05) is 42.8 Å². The van der Waals surface area contributed by atoms with E-state index in [1.807, 2.05) is 0 Å². The minimum absolute atomic E-state index is 0.0197. The number of rotatable bonds is 16. The second-order valence-electron chi connectivity index (χ2n) is 11.0. The highest BCUT2D eigenvalue weighted by molar-refractivity contribution is 6.12. The molecule has 1 unspecified atom stereocenters. The van der Waals surface area contributed by atoms with E-state index in [9.17, 15) is 38.9 Å². The average molecular weight is 652 g/mol. The van der Waals surface area contributed by atoms with E-state index < -0.39 is 41.2 Å². The molecule has 0 aliphatic carbocycles. The maximum atomic E-state index is 13.1. The molecule has 0 spiro atoms. The predicted octanol–water partition coefficient (Wildman–Crippen LogP) is 3.06. The van der Waals surface area contributed by atoms with Gasteiger partial charge in [0.15, 0.2) is 0 Å². The summed E-state index contributed by atoms with van der Waals surface area (Å²) in [7, 11) is 0. The molecule has 3 rings (SSSR count). The van der Waals surface area contributed by atoms with Crippen LogP contribution in [0.3, 0.4) is 0 Å². The van der Waals surface area contributed by atoms with Crippen LogP contribution in [0.4, 0.5) is 10.5 Å². The molecule has 0 saturated carbocycles. The molecule has 0 saturated heterocycles. The normalized spacial score (nSPS) is 14.3. The zero-order valence-electron chi connectivity index (χ0n) is 26.2. The summed E-state index contributed by atoms with van der Waals surface area (Å²) in [5.41, 5.74) is 0.193. The zero-order valence-corrected chi connectivity index (χ0v) is 26.2. The fourth-order valence-corrected chi connectivity index (χ4v) is 4.45. The van der Waals surface area contributed by atoms with Crippen LogP contribution < -0.4 is 20.7 Å². The molecule has 0 bridgehead atoms. The molecule has 2 aromatic rings. The van der Waals surface area contributed by atoms with Gasteiger partial charge in [-0.05, 0) is 37.8 Å². The monoisotopic (exact) mass is 651 g/mol. The van der Waals surface area contributed by atoms with Crippen molar-refractivity contribution in [3.63, 3.8) is 0 Å². The lowest BCUT2D eigenvalue weighted by Crippen LogP contribution is -2.54. The first-order valence-corrected chi connectivity index (χ1v) is 15.0. The second kappa shape index (κ2) is 17.2. The molecule has 0 aromatic heterocycles. The highest BCUT2D eigenvalue weighted by Crippen LogP contribution is 2.20. The molecule has 0 fully saturated rings. The average Bonchev–Trinajstić information content (AvgIpc) is 3.35. The van der Waals surface area contributed by atoms with Crippen LogP contribution in [0.2, 0.25) is 0 Å². The number of carbonyl (C=O) groups is 6. The Labute approximate surface area is 270 Å². The highest BCUT2D eigenvalue weighted by atomic mass is 16.7. The molecular weight excluding hydrogens is 614 g/mol. The SMILES string of the molecule is CC(C)[C@H](NC(=O)CCCCCN1C(=O)C=CC1=O)C(=O)N[C@@H](C)C(=O)NC(OC(=O)Oc1ccc([N+](=O)[O-])cc1)c1ccccc1. The Hall–Kier alpha value is -5.60. The van der Waals surface area contributed by atoms with E-state index >= 15 is 0 Å². The Kier molecular flexibility index (Phi) is 13.1. The minimum atomic E-state index is -1.31. The van der Waals surface area contributed by atoms with Gasteiger partial charge in [-0.3, -0.25) is 39.0 Å². The number of amides is 5. The van der Waals surface area contributed by atoms with E-state index in [4.69, 9.17) is 9.47 Å². The lowest BCUT2D eigenvalue weighted by molar-refractivity contribution is -0.384. The fraction of sp³-hybridized carbons (Fsp3) is 0.375. The summed E-state index contributed by atoms with van der Waals surface area (Å²) >= 11 is 0. The number of carbonyl (C=O) groups excluding carboxylic acids is 6. The van der Waals surface area contributed by atoms with E-state index in [0.29, 0.717) is 24.8 Å². The number of unbranched alkanes of at least 4 members (excludes halogenated alkanes) is 2. The molecule has 1 aliphatic rings. The second-order valence-corrected chi connectivity index (χ2v) is 11.0. The van der Waals surface area contributed by atoms with Gasteiger partial charge < -0.3 is 25.4 Å². The van der Waals surface area contributed by atoms with Gasteiger partial charge in [0.2, 0.25) is 23.9 Å². The van der Waals surface area contributed by atoms with Crippen LogP contribution in [0.1, 0.15) is 58.2 Å². The molecule has 5 amide bonds. The first-order chi connectivity index (χ1) is 22.3. The third kappa shape index (κ3) is 11.1. The summed E-state index contributed by atoms with van der Waals surface area (Å²) < 4.78 is 10.4. The molecule has 15 nitrogen and oxygen atoms in total. The number of nitro groups is 1. The zero-order chi connectivity index (χ0) is 34.5. The summed E-state index contributed by atoms with van der Waals surface area (Å²) in [6, 6.07) is 10.9. The van der Waals surface area contributed by atoms with E-state index in [1.54, 1.807) is 44.2 Å². The lowest BCUT2D eigenvalue weighted by Gasteiger charge is -2.25. The molecule has 2 aromatic carbocycles. The van der Waals surface area contributed by atoms with Crippen molar-refractivity contribution in [2.24, 2.45) is 5.92 Å². The summed E-state index contributed by atoms with van der Waals surface area (Å²) in [4.78, 5) is 86.0. The maximum absolute atomic E-state index is 13.1. The first kappa shape index (κ1) is 35.9. The molecule has 250 valence electrons. The van der Waals surface area contributed by atoms with Crippen molar-refractivity contribution in [3.8, 4) is 5.75 Å². The number of hydrogen-bond donors (Lipinski definition) is 3. The van der Waals surface area contributed by atoms with Crippen LogP contribution in [0, 0.1) is 16.0 Å². The topological polar surface area (TPSA) is 203 Å². The van der Waals surface area contributed by atoms with Gasteiger partial charge in [-0.2, -0.15) is 0 Å². The quantitative estimate of drug-likeness (QED) is 0.0460. The summed E-state index contributed by atoms with van der Waals surface area (Å²) in [5.74, 6) is -2.70. The minimum Gasteiger partial charge on any atom is -0.406 e. The van der Waals surface area contributed by atoms with E-state index in [-0.39, 0.29) is 48.0 Å². The standard InChI is InChI=1S/C32H37N5O10/c1-20(2)28(34-25(38)12-8-5-9-19-36-26(39)17-18-27(36)40)30(42)33-21(3)29(41)35-31(22-10-6-4-7-11-22)47-32(43)46-24-15-13-23(14-16-24)37(44)45/h4,6-7,10-11,13-18,20-21,28,31H,5,8-9,12,19H2,1-3H3,(H,33,42)(H,34,38)(H,35,41)/t21-,28-,31?/m0/s1. The Bertz CT molecular complexity index is 1480. The van der Waals surface area contributed by atoms with Crippen molar-refractivity contribution in [1.29, 1.82) is 0 Å². The molecule has 0 radical (unpaired) electrons. The number of hydrogen-bond acceptors (Lipinski definition) is 10. The lowest BCUT2D eigenvalue weighted by atomic mass is 10.0. The largest absolute Gasteiger partial charge is 0.516 e. The van der Waals surface area contributed by atoms with Gasteiger partial charge in [-0.1, -0.05) is 50.6 Å². The molecule has 1 heterocycles. The van der Waals surface area contributed by atoms with E-state index in [1.165, 1.54) is 31.2 Å². The Morgan fingerprint density at radius 2 is 1.47 bits per heavy atom. The van der Waals surface area contributed by atoms with Crippen LogP contribution in [-0.4, -0.2) is 64.1 Å². The number of non-ortho nitro benzene ring substituents is 1. The number of nitrogens with one attached hydrogen (secondary N) is 3. The van der Waals surface area contributed by atoms with Gasteiger partial charge in [0.25, 0.3) is 17.5 Å². The van der Waals surface area contributed by atoms with Crippen LogP contribution in [0.15, 0.2) is 66.7 Å². The van der Waals surface area contributed by atoms with Crippen molar-refractivity contribution < 1.29 is 43.2 Å². The van der Waals surface area contributed by atoms with Crippen molar-refractivity contribution in [2.45, 2.75) is 64.8 Å². The van der Waals surface area contributed by atoms with E-state index in [0.717, 1.165) is 17.0 Å². The highest BCUT2D eigenvalue weighted by Gasteiger charge is 2.29. The third-order valence-electron chi connectivity index (χ3n) is 7.04. The number of imide groups is 1. The van der Waals surface area contributed by atoms with Gasteiger partial charge in [0.05, 0.1) is 4.92 Å². The number of nitro benzene ring substituents is 1. The Morgan fingerprint density at radius 1 is 0.830 bits per heavy atom. The van der Waals surface area contributed by atoms with Crippen LogP contribution in [-0.2, 0) is 28.7 Å². The fourth-order valence-electron chi connectivity index (χ4n) is 4.45. The van der Waals surface area contributed by atoms with E-state index in [2.05, 4.69) is 16.0 Å². The summed E-state index contributed by atoms with van der Waals surface area (Å²) in [5, 5.41) is 18.7. The third-order valence-corrected chi connectivity index (χ3v) is 7.04. The number of nitrogens with zero attached hydrogens (tertiary/aromatic N) is 2. The summed E-state index contributed by atoms with van der Waals surface area (Å²) in [6.45, 7) is 5.17. The van der Waals surface area contributed by atoms with Crippen molar-refractivity contribution in [2.75, 3.05) is 6.54 Å².